The number of aliphatic hydroxyl groups is 1. The van der Waals surface area contributed by atoms with Gasteiger partial charge in [-0.05, 0) is 25.1 Å². The number of nitrogens with zero attached hydrogens (tertiary/aromatic N) is 5. The van der Waals surface area contributed by atoms with E-state index in [4.69, 9.17) is 26.6 Å². The zero-order valence-electron chi connectivity index (χ0n) is 20.2. The van der Waals surface area contributed by atoms with Crippen LogP contribution < -0.4 is 16.0 Å². The van der Waals surface area contributed by atoms with Crippen molar-refractivity contribution in [3.63, 3.8) is 0 Å². The summed E-state index contributed by atoms with van der Waals surface area (Å²) in [5, 5.41) is 21.4. The molecule has 4 N–H and O–H groups in total. The number of rotatable bonds is 5. The van der Waals surface area contributed by atoms with Gasteiger partial charge in [-0.2, -0.15) is 13.2 Å². The highest BCUT2D eigenvalue weighted by atomic mass is 35.5. The summed E-state index contributed by atoms with van der Waals surface area (Å²) >= 11 is 6.17. The van der Waals surface area contributed by atoms with E-state index in [-0.39, 0.29) is 40.9 Å². The van der Waals surface area contributed by atoms with Crippen LogP contribution in [0.4, 0.5) is 34.9 Å². The van der Waals surface area contributed by atoms with Gasteiger partial charge in [0.15, 0.2) is 34.7 Å². The number of nitrogen functional groups attached to an aromatic ring is 1. The molecular formula is C23H18ClF4N7O5. The average Bonchev–Trinajstić information content (AvgIpc) is 3.46. The van der Waals surface area contributed by atoms with E-state index in [0.29, 0.717) is 11.5 Å². The maximum absolute atomic E-state index is 14.9. The van der Waals surface area contributed by atoms with Gasteiger partial charge >= 0.3 is 6.18 Å². The normalized spacial score (nSPS) is 17.7. The number of hydrogen-bond acceptors (Lipinski definition) is 9. The summed E-state index contributed by atoms with van der Waals surface area (Å²) < 4.78 is 65.3. The smallest absolute Gasteiger partial charge is 0.380 e. The lowest BCUT2D eigenvalue weighted by atomic mass is 9.95. The van der Waals surface area contributed by atoms with Crippen molar-refractivity contribution in [3.8, 4) is 5.69 Å². The number of carbonyl (C=O) groups is 2. The summed E-state index contributed by atoms with van der Waals surface area (Å²) in [6.07, 6.45) is -4.89. The number of alkyl halides is 3. The second-order valence-electron chi connectivity index (χ2n) is 8.88. The van der Waals surface area contributed by atoms with Crippen LogP contribution in [0.2, 0.25) is 5.02 Å². The van der Waals surface area contributed by atoms with Crippen LogP contribution in [0.3, 0.4) is 0 Å². The van der Waals surface area contributed by atoms with E-state index in [9.17, 15) is 32.3 Å². The SMILES string of the molecule is C[C@](O)(C(=O)Nc1cc(Cl)c2c(N)noc2c1)[C@H]1OCCN(c2nn(-c3ccnc(C(F)(F)F)c3)cc2F)C1=O. The Morgan fingerprint density at radius 1 is 1.30 bits per heavy atom. The Balaban J connectivity index is 1.38. The van der Waals surface area contributed by atoms with Gasteiger partial charge in [0.25, 0.3) is 11.8 Å². The molecule has 0 saturated carbocycles. The lowest BCUT2D eigenvalue weighted by Gasteiger charge is -2.37. The van der Waals surface area contributed by atoms with Gasteiger partial charge in [-0.15, -0.1) is 5.10 Å². The number of aromatic nitrogens is 4. The molecule has 0 radical (unpaired) electrons. The van der Waals surface area contributed by atoms with Crippen LogP contribution in [0.1, 0.15) is 12.6 Å². The first kappa shape index (κ1) is 27.3. The Morgan fingerprint density at radius 3 is 2.77 bits per heavy atom. The van der Waals surface area contributed by atoms with E-state index in [1.54, 1.807) is 0 Å². The van der Waals surface area contributed by atoms with Crippen molar-refractivity contribution in [2.24, 2.45) is 0 Å². The van der Waals surface area contributed by atoms with Gasteiger partial charge in [-0.25, -0.2) is 9.07 Å². The highest BCUT2D eigenvalue weighted by Crippen LogP contribution is 2.33. The largest absolute Gasteiger partial charge is 0.433 e. The third kappa shape index (κ3) is 4.80. The molecule has 1 aliphatic heterocycles. The zero-order chi connectivity index (χ0) is 29.0. The van der Waals surface area contributed by atoms with Gasteiger partial charge in [-0.3, -0.25) is 19.5 Å². The molecule has 5 rings (SSSR count). The molecule has 2 amide bonds. The molecule has 0 bridgehead atoms. The predicted molar refractivity (Wildman–Crippen MR) is 131 cm³/mol. The number of morpholine rings is 1. The van der Waals surface area contributed by atoms with E-state index >= 15 is 0 Å². The minimum Gasteiger partial charge on any atom is -0.380 e. The van der Waals surface area contributed by atoms with Crippen LogP contribution in [-0.4, -0.2) is 61.7 Å². The Hall–Kier alpha value is -4.28. The van der Waals surface area contributed by atoms with E-state index in [0.717, 1.165) is 28.9 Å². The summed E-state index contributed by atoms with van der Waals surface area (Å²) in [7, 11) is 0. The summed E-state index contributed by atoms with van der Waals surface area (Å²) in [6.45, 7) is 0.574. The molecule has 0 unspecified atom stereocenters. The number of ether oxygens (including phenoxy) is 1. The molecule has 3 aromatic heterocycles. The fraction of sp³-hybridized carbons (Fsp3) is 0.261. The first-order chi connectivity index (χ1) is 18.8. The van der Waals surface area contributed by atoms with Gasteiger partial charge in [0.2, 0.25) is 0 Å². The van der Waals surface area contributed by atoms with Crippen molar-refractivity contribution in [1.82, 2.24) is 19.9 Å². The molecule has 0 aliphatic carbocycles. The van der Waals surface area contributed by atoms with E-state index in [1.165, 1.54) is 18.2 Å². The summed E-state index contributed by atoms with van der Waals surface area (Å²) in [5.41, 5.74) is 2.05. The maximum Gasteiger partial charge on any atom is 0.433 e. The van der Waals surface area contributed by atoms with E-state index in [2.05, 4.69) is 20.6 Å². The van der Waals surface area contributed by atoms with Crippen molar-refractivity contribution in [1.29, 1.82) is 0 Å². The Labute approximate surface area is 226 Å². The third-order valence-corrected chi connectivity index (χ3v) is 6.37. The molecule has 210 valence electrons. The molecule has 0 spiro atoms. The molecule has 17 heteroatoms. The van der Waals surface area contributed by atoms with Crippen molar-refractivity contribution in [2.45, 2.75) is 24.8 Å². The summed E-state index contributed by atoms with van der Waals surface area (Å²) in [5.74, 6) is -3.64. The molecule has 1 saturated heterocycles. The van der Waals surface area contributed by atoms with Crippen molar-refractivity contribution in [2.75, 3.05) is 29.1 Å². The lowest BCUT2D eigenvalue weighted by molar-refractivity contribution is -0.165. The van der Waals surface area contributed by atoms with Crippen molar-refractivity contribution in [3.05, 3.63) is 53.2 Å². The maximum atomic E-state index is 14.9. The van der Waals surface area contributed by atoms with Gasteiger partial charge in [0.1, 0.15) is 5.69 Å². The fourth-order valence-electron chi connectivity index (χ4n) is 4.07. The van der Waals surface area contributed by atoms with Gasteiger partial charge < -0.3 is 25.4 Å². The standard InChI is InChI=1S/C23H18ClF4N7O5/c1-22(38,21(37)31-10-6-12(24)16-14(7-10)40-33-18(16)29)17-20(36)34(4-5-39-17)19-13(25)9-35(32-19)11-2-3-30-15(8-11)23(26,27)28/h2-3,6-9,17,38H,4-5H2,1H3,(H2,29,33)(H,31,37)/t17-,22+/m0/s1. The fourth-order valence-corrected chi connectivity index (χ4v) is 4.38. The van der Waals surface area contributed by atoms with E-state index < -0.39 is 47.0 Å². The first-order valence-corrected chi connectivity index (χ1v) is 11.7. The lowest BCUT2D eigenvalue weighted by Crippen LogP contribution is -2.61. The van der Waals surface area contributed by atoms with Gasteiger partial charge in [-0.1, -0.05) is 16.8 Å². The first-order valence-electron chi connectivity index (χ1n) is 11.4. The highest BCUT2D eigenvalue weighted by molar-refractivity contribution is 6.36. The minimum absolute atomic E-state index is 0.0329. The van der Waals surface area contributed by atoms with E-state index in [1.807, 2.05) is 0 Å². The molecule has 2 atom stereocenters. The third-order valence-electron chi connectivity index (χ3n) is 6.08. The molecule has 12 nitrogen and oxygen atoms in total. The minimum atomic E-state index is -4.75. The summed E-state index contributed by atoms with van der Waals surface area (Å²) in [4.78, 5) is 30.4. The molecule has 1 aromatic carbocycles. The molecule has 4 heterocycles. The topological polar surface area (TPSA) is 162 Å². The van der Waals surface area contributed by atoms with Crippen molar-refractivity contribution >= 4 is 51.7 Å². The van der Waals surface area contributed by atoms with Crippen LogP contribution in [0.5, 0.6) is 0 Å². The van der Waals surface area contributed by atoms with Crippen LogP contribution in [-0.2, 0) is 20.5 Å². The number of hydrogen-bond donors (Lipinski definition) is 3. The number of anilines is 3. The number of amides is 2. The predicted octanol–water partition coefficient (Wildman–Crippen LogP) is 2.92. The number of fused-ring (bicyclic) bond motifs is 1. The zero-order valence-corrected chi connectivity index (χ0v) is 21.0. The number of pyridine rings is 1. The van der Waals surface area contributed by atoms with Crippen molar-refractivity contribution < 1.29 is 41.5 Å². The second-order valence-corrected chi connectivity index (χ2v) is 9.29. The number of benzene rings is 1. The Morgan fingerprint density at radius 2 is 2.05 bits per heavy atom. The molecule has 1 fully saturated rings. The Bertz CT molecular complexity index is 1640. The molecule has 4 aromatic rings. The molecule has 1 aliphatic rings. The second kappa shape index (κ2) is 9.72. The van der Waals surface area contributed by atoms with Gasteiger partial charge in [0, 0.05) is 18.0 Å². The van der Waals surface area contributed by atoms with Gasteiger partial charge in [0.05, 0.1) is 35.4 Å². The number of nitrogens with two attached hydrogens (primary N) is 1. The molecular weight excluding hydrogens is 566 g/mol. The van der Waals surface area contributed by atoms with Crippen LogP contribution in [0, 0.1) is 5.82 Å². The number of halogens is 5. The number of carbonyl (C=O) groups excluding carboxylic acids is 2. The highest BCUT2D eigenvalue weighted by Gasteiger charge is 2.49. The van der Waals surface area contributed by atoms with Crippen LogP contribution in [0.25, 0.3) is 16.7 Å². The average molecular weight is 584 g/mol. The van der Waals surface area contributed by atoms with Crippen LogP contribution in [0.15, 0.2) is 41.2 Å². The summed E-state index contributed by atoms with van der Waals surface area (Å²) in [6, 6.07) is 4.50. The quantitative estimate of drug-likeness (QED) is 0.300. The molecule has 40 heavy (non-hydrogen) atoms. The van der Waals surface area contributed by atoms with Crippen LogP contribution >= 0.6 is 11.6 Å². The monoisotopic (exact) mass is 583 g/mol. The number of nitrogens with one attached hydrogen (secondary N) is 1. The Kier molecular flexibility index (Phi) is 6.63.